The van der Waals surface area contributed by atoms with Gasteiger partial charge in [0.1, 0.15) is 11.6 Å². The van der Waals surface area contributed by atoms with Gasteiger partial charge in [-0.3, -0.25) is 9.78 Å². The summed E-state index contributed by atoms with van der Waals surface area (Å²) in [6, 6.07) is 15.8. The average molecular weight is 564 g/mol. The van der Waals surface area contributed by atoms with Crippen LogP contribution >= 0.6 is 23.2 Å². The van der Waals surface area contributed by atoms with Crippen molar-refractivity contribution in [1.82, 2.24) is 10.3 Å². The molecule has 3 aromatic carbocycles. The number of carbonyl (C=O) groups excluding carboxylic acids is 1. The van der Waals surface area contributed by atoms with E-state index in [2.05, 4.69) is 15.2 Å². The maximum Gasteiger partial charge on any atom is 0.255 e. The Morgan fingerprint density at radius 2 is 1.90 bits per heavy atom. The normalized spacial score (nSPS) is 21.6. The Morgan fingerprint density at radius 3 is 2.74 bits per heavy atom. The Bertz CT molecular complexity index is 1610. The van der Waals surface area contributed by atoms with E-state index in [-0.39, 0.29) is 24.1 Å². The Morgan fingerprint density at radius 1 is 1.08 bits per heavy atom. The van der Waals surface area contributed by atoms with Gasteiger partial charge < -0.3 is 19.7 Å². The highest BCUT2D eigenvalue weighted by atomic mass is 35.5. The Kier molecular flexibility index (Phi) is 6.10. The van der Waals surface area contributed by atoms with Crippen LogP contribution in [0.4, 0.5) is 10.1 Å². The lowest BCUT2D eigenvalue weighted by Crippen LogP contribution is -2.39. The minimum Gasteiger partial charge on any atom is -0.493 e. The molecular formula is C30H24Cl2FN3O3. The molecule has 1 saturated heterocycles. The zero-order valence-electron chi connectivity index (χ0n) is 20.8. The van der Waals surface area contributed by atoms with Gasteiger partial charge in [0.05, 0.1) is 48.2 Å². The van der Waals surface area contributed by atoms with E-state index in [1.165, 1.54) is 6.07 Å². The number of morpholine rings is 1. The molecule has 0 spiro atoms. The van der Waals surface area contributed by atoms with Crippen LogP contribution in [0.2, 0.25) is 10.0 Å². The molecule has 1 aromatic heterocycles. The van der Waals surface area contributed by atoms with Crippen molar-refractivity contribution in [1.29, 1.82) is 0 Å². The van der Waals surface area contributed by atoms with Gasteiger partial charge in [-0.05, 0) is 48.4 Å². The third-order valence-electron chi connectivity index (χ3n) is 7.67. The van der Waals surface area contributed by atoms with Crippen LogP contribution in [0, 0.1) is 5.82 Å². The van der Waals surface area contributed by atoms with Crippen molar-refractivity contribution in [3.05, 3.63) is 87.8 Å². The van der Waals surface area contributed by atoms with Crippen molar-refractivity contribution in [3.8, 4) is 16.9 Å². The molecule has 2 aliphatic heterocycles. The number of nitrogens with one attached hydrogen (secondary N) is 1. The van der Waals surface area contributed by atoms with E-state index in [1.807, 2.05) is 24.3 Å². The molecule has 198 valence electrons. The largest absolute Gasteiger partial charge is 0.493 e. The molecule has 2 fully saturated rings. The van der Waals surface area contributed by atoms with Gasteiger partial charge in [-0.25, -0.2) is 4.39 Å². The fraction of sp³-hybridized carbons (Fsp3) is 0.267. The summed E-state index contributed by atoms with van der Waals surface area (Å²) >= 11 is 12.5. The quantitative estimate of drug-likeness (QED) is 0.304. The Labute approximate surface area is 234 Å². The molecule has 39 heavy (non-hydrogen) atoms. The second-order valence-corrected chi connectivity index (χ2v) is 11.0. The first-order chi connectivity index (χ1) is 19.0. The van der Waals surface area contributed by atoms with E-state index in [0.29, 0.717) is 63.8 Å². The van der Waals surface area contributed by atoms with E-state index in [4.69, 9.17) is 32.7 Å². The number of hydrogen-bond donors (Lipinski definition) is 1. The molecule has 4 aromatic rings. The lowest BCUT2D eigenvalue weighted by atomic mass is 9.97. The molecule has 1 N–H and O–H groups in total. The lowest BCUT2D eigenvalue weighted by molar-refractivity contribution is 0.0920. The first kappa shape index (κ1) is 24.6. The minimum atomic E-state index is -0.443. The molecule has 6 nitrogen and oxygen atoms in total. The molecule has 2 unspecified atom stereocenters. The molecule has 3 aliphatic rings. The summed E-state index contributed by atoms with van der Waals surface area (Å²) in [5.41, 5.74) is 3.40. The number of halogens is 3. The predicted molar refractivity (Wildman–Crippen MR) is 149 cm³/mol. The van der Waals surface area contributed by atoms with Gasteiger partial charge in [0.15, 0.2) is 0 Å². The highest BCUT2D eigenvalue weighted by molar-refractivity contribution is 6.35. The first-order valence-electron chi connectivity index (χ1n) is 13.0. The number of benzene rings is 3. The molecular weight excluding hydrogens is 540 g/mol. The topological polar surface area (TPSA) is 63.7 Å². The number of aromatic nitrogens is 1. The third kappa shape index (κ3) is 4.39. The van der Waals surface area contributed by atoms with Gasteiger partial charge in [-0.15, -0.1) is 0 Å². The van der Waals surface area contributed by atoms with Gasteiger partial charge in [-0.2, -0.15) is 0 Å². The number of amides is 1. The minimum absolute atomic E-state index is 0.131. The van der Waals surface area contributed by atoms with Gasteiger partial charge in [-0.1, -0.05) is 41.4 Å². The van der Waals surface area contributed by atoms with Crippen molar-refractivity contribution in [2.24, 2.45) is 0 Å². The number of para-hydroxylation sites is 1. The van der Waals surface area contributed by atoms with Gasteiger partial charge >= 0.3 is 0 Å². The van der Waals surface area contributed by atoms with Crippen molar-refractivity contribution < 1.29 is 18.7 Å². The maximum atomic E-state index is 15.4. The molecule has 3 atom stereocenters. The van der Waals surface area contributed by atoms with Crippen LogP contribution in [0.15, 0.2) is 60.8 Å². The average Bonchev–Trinajstić information content (AvgIpc) is 3.72. The number of carbonyl (C=O) groups is 1. The standard InChI is InChI=1S/C30H24Cl2FN3O3/c31-17-11-16(12-18(32)13-17)27-22(33)6-5-20-28(27)34-15-21(29(20)36-8-10-39-26-14-24(26)36)30(37)35-23-7-9-38-25-4-2-1-3-19(23)25/h1-6,11-13,15,23-24,26H,7-10,14H2,(H,35,37)/t23-,24?,26?/m0/s1. The number of ether oxygens (including phenoxy) is 2. The lowest BCUT2D eigenvalue weighted by Gasteiger charge is -2.32. The summed E-state index contributed by atoms with van der Waals surface area (Å²) in [6.07, 6.45) is 3.23. The second kappa shape index (κ2) is 9.66. The van der Waals surface area contributed by atoms with E-state index in [0.717, 1.165) is 23.4 Å². The summed E-state index contributed by atoms with van der Waals surface area (Å²) < 4.78 is 27.0. The molecule has 0 radical (unpaired) electrons. The molecule has 0 bridgehead atoms. The number of hydrogen-bond acceptors (Lipinski definition) is 5. The predicted octanol–water partition coefficient (Wildman–Crippen LogP) is 6.58. The monoisotopic (exact) mass is 563 g/mol. The molecule has 1 saturated carbocycles. The maximum absolute atomic E-state index is 15.4. The van der Waals surface area contributed by atoms with Crippen LogP contribution in [0.25, 0.3) is 22.0 Å². The van der Waals surface area contributed by atoms with Crippen molar-refractivity contribution in [2.45, 2.75) is 31.0 Å². The molecule has 3 heterocycles. The highest BCUT2D eigenvalue weighted by Crippen LogP contribution is 2.44. The summed E-state index contributed by atoms with van der Waals surface area (Å²) in [4.78, 5) is 20.8. The van der Waals surface area contributed by atoms with E-state index in [9.17, 15) is 4.79 Å². The third-order valence-corrected chi connectivity index (χ3v) is 8.11. The second-order valence-electron chi connectivity index (χ2n) is 10.1. The Hall–Kier alpha value is -3.39. The first-order valence-corrected chi connectivity index (χ1v) is 13.7. The summed E-state index contributed by atoms with van der Waals surface area (Å²) in [5, 5.41) is 4.70. The summed E-state index contributed by atoms with van der Waals surface area (Å²) in [5.74, 6) is 0.100. The van der Waals surface area contributed by atoms with Crippen LogP contribution in [0.3, 0.4) is 0 Å². The summed E-state index contributed by atoms with van der Waals surface area (Å²) in [6.45, 7) is 1.69. The van der Waals surface area contributed by atoms with Crippen molar-refractivity contribution in [2.75, 3.05) is 24.7 Å². The van der Waals surface area contributed by atoms with Crippen molar-refractivity contribution in [3.63, 3.8) is 0 Å². The van der Waals surface area contributed by atoms with Crippen LogP contribution in [0.1, 0.15) is 34.8 Å². The highest BCUT2D eigenvalue weighted by Gasteiger charge is 2.47. The zero-order chi connectivity index (χ0) is 26.7. The fourth-order valence-corrected chi connectivity index (χ4v) is 6.34. The van der Waals surface area contributed by atoms with E-state index in [1.54, 1.807) is 30.5 Å². The fourth-order valence-electron chi connectivity index (χ4n) is 5.82. The van der Waals surface area contributed by atoms with Crippen LogP contribution in [0.5, 0.6) is 5.75 Å². The van der Waals surface area contributed by atoms with Crippen molar-refractivity contribution >= 4 is 45.7 Å². The summed E-state index contributed by atoms with van der Waals surface area (Å²) in [7, 11) is 0. The number of nitrogens with zero attached hydrogens (tertiary/aromatic N) is 2. The number of rotatable bonds is 4. The number of anilines is 1. The zero-order valence-corrected chi connectivity index (χ0v) is 22.3. The van der Waals surface area contributed by atoms with Crippen LogP contribution in [-0.2, 0) is 4.74 Å². The number of fused-ring (bicyclic) bond motifs is 3. The molecule has 1 aliphatic carbocycles. The van der Waals surface area contributed by atoms with E-state index >= 15 is 4.39 Å². The number of pyridine rings is 1. The van der Waals surface area contributed by atoms with Gasteiger partial charge in [0.25, 0.3) is 5.91 Å². The van der Waals surface area contributed by atoms with Gasteiger partial charge in [0.2, 0.25) is 0 Å². The SMILES string of the molecule is O=C(N[C@H]1CCOc2ccccc21)c1cnc2c(-c3cc(Cl)cc(Cl)c3)c(F)ccc2c1N1CCOC2CC21. The van der Waals surface area contributed by atoms with Crippen LogP contribution < -0.4 is 15.0 Å². The van der Waals surface area contributed by atoms with E-state index < -0.39 is 5.82 Å². The Balaban J connectivity index is 1.37. The molecule has 1 amide bonds. The van der Waals surface area contributed by atoms with Crippen LogP contribution in [-0.4, -0.2) is 42.8 Å². The molecule has 7 rings (SSSR count). The molecule has 9 heteroatoms. The van der Waals surface area contributed by atoms with Gasteiger partial charge in [0, 0.05) is 45.7 Å². The smallest absolute Gasteiger partial charge is 0.255 e.